The zero-order valence-corrected chi connectivity index (χ0v) is 11.8. The zero-order chi connectivity index (χ0) is 14.8. The Morgan fingerprint density at radius 1 is 1.24 bits per heavy atom. The Balaban J connectivity index is 2.09. The highest BCUT2D eigenvalue weighted by atomic mass is 35.5. The maximum absolute atomic E-state index is 11.5. The van der Waals surface area contributed by atoms with E-state index in [2.05, 4.69) is 15.4 Å². The fourth-order valence-corrected chi connectivity index (χ4v) is 2.03. The summed E-state index contributed by atoms with van der Waals surface area (Å²) in [6.45, 7) is 1.74. The van der Waals surface area contributed by atoms with Crippen LogP contribution in [0.1, 0.15) is 16.4 Å². The molecule has 7 heteroatoms. The van der Waals surface area contributed by atoms with Crippen molar-refractivity contribution in [2.75, 3.05) is 5.88 Å². The molecule has 21 heavy (non-hydrogen) atoms. The van der Waals surface area contributed by atoms with E-state index in [0.717, 1.165) is 5.56 Å². The smallest absolute Gasteiger partial charge is 0.285 e. The van der Waals surface area contributed by atoms with Crippen LogP contribution >= 0.6 is 11.6 Å². The van der Waals surface area contributed by atoms with Crippen molar-refractivity contribution in [2.24, 2.45) is 0 Å². The van der Waals surface area contributed by atoms with Crippen molar-refractivity contribution in [3.8, 4) is 22.7 Å². The van der Waals surface area contributed by atoms with E-state index in [1.807, 2.05) is 30.3 Å². The van der Waals surface area contributed by atoms with Crippen molar-refractivity contribution >= 4 is 17.4 Å². The molecule has 0 saturated carbocycles. The van der Waals surface area contributed by atoms with Crippen LogP contribution in [0.2, 0.25) is 0 Å². The van der Waals surface area contributed by atoms with Gasteiger partial charge in [0.1, 0.15) is 17.0 Å². The third-order valence-corrected chi connectivity index (χ3v) is 3.15. The topological polar surface area (TPSA) is 82.0 Å². The number of hydrogen-bond acceptors (Lipinski definition) is 6. The molecule has 0 radical (unpaired) electrons. The first-order chi connectivity index (χ1) is 10.2. The van der Waals surface area contributed by atoms with E-state index in [0.29, 0.717) is 17.0 Å². The first-order valence-corrected chi connectivity index (χ1v) is 6.69. The molecule has 0 aliphatic rings. The first-order valence-electron chi connectivity index (χ1n) is 6.15. The number of aryl methyl sites for hydroxylation is 1. The van der Waals surface area contributed by atoms with Gasteiger partial charge in [0.2, 0.25) is 5.78 Å². The number of aromatic nitrogens is 3. The largest absolute Gasteiger partial charge is 0.413 e. The number of ketones is 1. The second-order valence-electron chi connectivity index (χ2n) is 4.30. The fraction of sp³-hybridized carbons (Fsp3) is 0.143. The Bertz CT molecular complexity index is 780. The number of nitrogens with zero attached hydrogens (tertiary/aromatic N) is 3. The lowest BCUT2D eigenvalue weighted by atomic mass is 10.1. The minimum atomic E-state index is -0.425. The van der Waals surface area contributed by atoms with Gasteiger partial charge in [-0.3, -0.25) is 4.79 Å². The number of carbonyl (C=O) groups excluding carboxylic acids is 1. The molecule has 1 aromatic carbocycles. The summed E-state index contributed by atoms with van der Waals surface area (Å²) in [4.78, 5) is 11.5. The predicted octanol–water partition coefficient (Wildman–Crippen LogP) is 3.12. The average molecular weight is 304 g/mol. The van der Waals surface area contributed by atoms with Gasteiger partial charge in [-0.25, -0.2) is 0 Å². The van der Waals surface area contributed by atoms with Gasteiger partial charge in [0.05, 0.1) is 5.88 Å². The predicted molar refractivity (Wildman–Crippen MR) is 75.0 cm³/mol. The van der Waals surface area contributed by atoms with Crippen molar-refractivity contribution in [1.82, 2.24) is 15.4 Å². The van der Waals surface area contributed by atoms with Crippen LogP contribution in [0.5, 0.6) is 0 Å². The van der Waals surface area contributed by atoms with Crippen LogP contribution in [-0.4, -0.2) is 27.0 Å². The number of halogens is 1. The van der Waals surface area contributed by atoms with Gasteiger partial charge in [-0.2, -0.15) is 0 Å². The van der Waals surface area contributed by atoms with Gasteiger partial charge >= 0.3 is 0 Å². The highest BCUT2D eigenvalue weighted by Crippen LogP contribution is 2.33. The Hall–Kier alpha value is -2.47. The third-order valence-electron chi connectivity index (χ3n) is 2.91. The molecule has 0 atom stereocenters. The van der Waals surface area contributed by atoms with E-state index in [9.17, 15) is 4.79 Å². The lowest BCUT2D eigenvalue weighted by Gasteiger charge is -1.97. The van der Waals surface area contributed by atoms with E-state index in [1.165, 1.54) is 0 Å². The lowest BCUT2D eigenvalue weighted by molar-refractivity contribution is 0.0985. The molecule has 106 valence electrons. The van der Waals surface area contributed by atoms with Crippen molar-refractivity contribution in [1.29, 1.82) is 0 Å². The minimum absolute atomic E-state index is 0.125. The van der Waals surface area contributed by atoms with Crippen LogP contribution in [-0.2, 0) is 0 Å². The molecule has 3 aromatic rings. The van der Waals surface area contributed by atoms with Crippen LogP contribution < -0.4 is 0 Å². The van der Waals surface area contributed by atoms with E-state index in [-0.39, 0.29) is 17.7 Å². The number of rotatable bonds is 4. The van der Waals surface area contributed by atoms with Crippen LogP contribution in [0.3, 0.4) is 0 Å². The van der Waals surface area contributed by atoms with Crippen molar-refractivity contribution < 1.29 is 13.7 Å². The summed E-state index contributed by atoms with van der Waals surface area (Å²) < 4.78 is 10.6. The Labute approximate surface area is 124 Å². The quantitative estimate of drug-likeness (QED) is 0.544. The SMILES string of the molecule is Cc1onc(-c2ccccc2)c1-c1nnc(C(=O)CCl)o1. The standard InChI is InChI=1S/C14H10ClN3O3/c1-8-11(14-17-16-13(20-14)10(19)7-15)12(18-21-8)9-5-3-2-4-6-9/h2-6H,7H2,1H3. The molecule has 6 nitrogen and oxygen atoms in total. The normalized spacial score (nSPS) is 10.8. The molecule has 0 spiro atoms. The van der Waals surface area contributed by atoms with Crippen molar-refractivity contribution in [3.05, 3.63) is 42.0 Å². The molecule has 2 aromatic heterocycles. The van der Waals surface area contributed by atoms with Gasteiger partial charge < -0.3 is 8.94 Å². The van der Waals surface area contributed by atoms with Crippen molar-refractivity contribution in [3.63, 3.8) is 0 Å². The van der Waals surface area contributed by atoms with E-state index >= 15 is 0 Å². The fourth-order valence-electron chi connectivity index (χ4n) is 1.91. The van der Waals surface area contributed by atoms with Crippen LogP contribution in [0.25, 0.3) is 22.7 Å². The summed E-state index contributed by atoms with van der Waals surface area (Å²) in [5.41, 5.74) is 2.01. The molecule has 0 saturated heterocycles. The van der Waals surface area contributed by atoms with Crippen LogP contribution in [0.15, 0.2) is 39.3 Å². The van der Waals surface area contributed by atoms with Crippen LogP contribution in [0.4, 0.5) is 0 Å². The second kappa shape index (κ2) is 5.49. The molecule has 2 heterocycles. The molecule has 0 N–H and O–H groups in total. The summed E-state index contributed by atoms with van der Waals surface area (Å²) in [6, 6.07) is 9.46. The van der Waals surface area contributed by atoms with E-state index in [4.69, 9.17) is 20.5 Å². The summed E-state index contributed by atoms with van der Waals surface area (Å²) in [6.07, 6.45) is 0. The van der Waals surface area contributed by atoms with Gasteiger partial charge in [0.15, 0.2) is 0 Å². The monoisotopic (exact) mass is 303 g/mol. The minimum Gasteiger partial charge on any atom is -0.413 e. The van der Waals surface area contributed by atoms with Gasteiger partial charge in [0, 0.05) is 5.56 Å². The molecule has 0 unspecified atom stereocenters. The summed E-state index contributed by atoms with van der Waals surface area (Å²) in [5, 5.41) is 11.6. The highest BCUT2D eigenvalue weighted by Gasteiger charge is 2.23. The number of alkyl halides is 1. The molecule has 0 aliphatic heterocycles. The maximum atomic E-state index is 11.5. The Kier molecular flexibility index (Phi) is 3.53. The molecule has 0 fully saturated rings. The van der Waals surface area contributed by atoms with E-state index in [1.54, 1.807) is 6.92 Å². The summed E-state index contributed by atoms with van der Waals surface area (Å²) in [5.74, 6) is -0.0515. The summed E-state index contributed by atoms with van der Waals surface area (Å²) in [7, 11) is 0. The lowest BCUT2D eigenvalue weighted by Crippen LogP contribution is -1.99. The van der Waals surface area contributed by atoms with Gasteiger partial charge in [-0.15, -0.1) is 21.8 Å². The van der Waals surface area contributed by atoms with E-state index < -0.39 is 5.78 Å². The molecular weight excluding hydrogens is 294 g/mol. The number of hydrogen-bond donors (Lipinski definition) is 0. The number of Topliss-reactive ketones (excluding diaryl/α,β-unsaturated/α-hetero) is 1. The third kappa shape index (κ3) is 2.45. The number of carbonyl (C=O) groups is 1. The highest BCUT2D eigenvalue weighted by molar-refractivity contribution is 6.29. The molecule has 0 bridgehead atoms. The number of benzene rings is 1. The molecule has 0 amide bonds. The van der Waals surface area contributed by atoms with Gasteiger partial charge in [-0.1, -0.05) is 35.5 Å². The summed E-state index contributed by atoms with van der Waals surface area (Å²) >= 11 is 5.47. The Morgan fingerprint density at radius 3 is 2.71 bits per heavy atom. The first kappa shape index (κ1) is 13.5. The molecule has 3 rings (SSSR count). The Morgan fingerprint density at radius 2 is 2.00 bits per heavy atom. The average Bonchev–Trinajstić information content (AvgIpc) is 3.13. The van der Waals surface area contributed by atoms with Gasteiger partial charge in [-0.05, 0) is 6.92 Å². The van der Waals surface area contributed by atoms with Crippen molar-refractivity contribution in [2.45, 2.75) is 6.92 Å². The zero-order valence-electron chi connectivity index (χ0n) is 11.0. The molecule has 0 aliphatic carbocycles. The maximum Gasteiger partial charge on any atom is 0.285 e. The second-order valence-corrected chi connectivity index (χ2v) is 4.56. The molecular formula is C14H10ClN3O3. The van der Waals surface area contributed by atoms with Gasteiger partial charge in [0.25, 0.3) is 11.8 Å². The van der Waals surface area contributed by atoms with Crippen LogP contribution in [0, 0.1) is 6.92 Å².